The predicted molar refractivity (Wildman–Crippen MR) is 70.4 cm³/mol. The molecule has 0 aromatic heterocycles. The summed E-state index contributed by atoms with van der Waals surface area (Å²) in [4.78, 5) is 21.7. The maximum absolute atomic E-state index is 11.8. The van der Waals surface area contributed by atoms with Crippen LogP contribution in [0, 0.1) is 10.1 Å². The van der Waals surface area contributed by atoms with Crippen LogP contribution in [0.25, 0.3) is 0 Å². The second-order valence-corrected chi connectivity index (χ2v) is 6.62. The maximum atomic E-state index is 11.8. The number of carbonyl (C=O) groups excluding carboxylic acids is 1. The number of nitro groups is 1. The highest BCUT2D eigenvalue weighted by Crippen LogP contribution is 2.30. The molecule has 1 unspecified atom stereocenters. The molecule has 1 N–H and O–H groups in total. The van der Waals surface area contributed by atoms with E-state index in [0.717, 1.165) is 11.8 Å². The summed E-state index contributed by atoms with van der Waals surface area (Å²) in [6, 6.07) is 5.33. The molecule has 0 spiro atoms. The van der Waals surface area contributed by atoms with Gasteiger partial charge in [0.15, 0.2) is 0 Å². The van der Waals surface area contributed by atoms with Crippen LogP contribution in [-0.2, 0) is 4.79 Å². The fourth-order valence-corrected chi connectivity index (χ4v) is 2.12. The minimum absolute atomic E-state index is 0.0677. The largest absolute Gasteiger partial charge is 0.380 e. The minimum atomic E-state index is -1.25. The van der Waals surface area contributed by atoms with Crippen molar-refractivity contribution < 1.29 is 14.8 Å². The van der Waals surface area contributed by atoms with Crippen molar-refractivity contribution in [2.75, 3.05) is 0 Å². The van der Waals surface area contributed by atoms with Crippen LogP contribution < -0.4 is 0 Å². The van der Waals surface area contributed by atoms with E-state index in [0.29, 0.717) is 5.56 Å². The van der Waals surface area contributed by atoms with Gasteiger partial charge in [0.2, 0.25) is 5.12 Å². The smallest absolute Gasteiger partial charge is 0.269 e. The van der Waals surface area contributed by atoms with E-state index < -0.39 is 11.0 Å². The summed E-state index contributed by atoms with van der Waals surface area (Å²) in [5, 5.41) is 20.0. The van der Waals surface area contributed by atoms with Crippen LogP contribution in [0.1, 0.15) is 32.4 Å². The number of hydrogen-bond acceptors (Lipinski definition) is 5. The number of carbonyl (C=O) groups is 1. The fraction of sp³-hybridized carbons (Fsp3) is 0.417. The molecule has 0 saturated heterocycles. The van der Waals surface area contributed by atoms with Gasteiger partial charge in [-0.3, -0.25) is 14.9 Å². The average Bonchev–Trinajstić information content (AvgIpc) is 2.26. The van der Waals surface area contributed by atoms with Gasteiger partial charge < -0.3 is 5.11 Å². The van der Waals surface area contributed by atoms with Gasteiger partial charge in [-0.05, 0) is 17.7 Å². The lowest BCUT2D eigenvalue weighted by Gasteiger charge is -2.18. The summed E-state index contributed by atoms with van der Waals surface area (Å²) < 4.78 is -0.279. The Hall–Kier alpha value is -1.40. The zero-order chi connectivity index (χ0) is 13.9. The van der Waals surface area contributed by atoms with Crippen LogP contribution in [-0.4, -0.2) is 19.9 Å². The van der Waals surface area contributed by atoms with Gasteiger partial charge in [-0.15, -0.1) is 0 Å². The standard InChI is InChI=1S/C12H15NO4S/c1-12(2,3)18-11(15)10(14)8-4-6-9(7-5-8)13(16)17/h4-7,10,14H,1-3H3. The van der Waals surface area contributed by atoms with Crippen molar-refractivity contribution in [3.8, 4) is 0 Å². The second-order valence-electron chi connectivity index (χ2n) is 4.78. The van der Waals surface area contributed by atoms with Crippen LogP contribution in [0.2, 0.25) is 0 Å². The topological polar surface area (TPSA) is 80.4 Å². The van der Waals surface area contributed by atoms with Crippen molar-refractivity contribution in [2.24, 2.45) is 0 Å². The molecule has 0 fully saturated rings. The fourth-order valence-electron chi connectivity index (χ4n) is 1.27. The van der Waals surface area contributed by atoms with Crippen molar-refractivity contribution in [3.05, 3.63) is 39.9 Å². The molecule has 0 radical (unpaired) electrons. The van der Waals surface area contributed by atoms with Crippen molar-refractivity contribution in [1.29, 1.82) is 0 Å². The van der Waals surface area contributed by atoms with E-state index in [2.05, 4.69) is 0 Å². The first-order valence-electron chi connectivity index (χ1n) is 5.36. The summed E-state index contributed by atoms with van der Waals surface area (Å²) >= 11 is 1.05. The lowest BCUT2D eigenvalue weighted by atomic mass is 10.1. The van der Waals surface area contributed by atoms with Gasteiger partial charge in [-0.1, -0.05) is 32.5 Å². The molecule has 1 aromatic carbocycles. The monoisotopic (exact) mass is 269 g/mol. The maximum Gasteiger partial charge on any atom is 0.269 e. The van der Waals surface area contributed by atoms with Crippen molar-refractivity contribution >= 4 is 22.6 Å². The van der Waals surface area contributed by atoms with Gasteiger partial charge in [-0.25, -0.2) is 0 Å². The normalized spacial score (nSPS) is 13.1. The Balaban J connectivity index is 2.81. The number of aliphatic hydroxyl groups is 1. The zero-order valence-corrected chi connectivity index (χ0v) is 11.2. The molecule has 0 aliphatic carbocycles. The molecule has 0 aliphatic heterocycles. The van der Waals surface area contributed by atoms with Gasteiger partial charge in [0.1, 0.15) is 6.10 Å². The van der Waals surface area contributed by atoms with Crippen LogP contribution in [0.4, 0.5) is 5.69 Å². The van der Waals surface area contributed by atoms with E-state index >= 15 is 0 Å². The average molecular weight is 269 g/mol. The third kappa shape index (κ3) is 4.12. The van der Waals surface area contributed by atoms with Crippen LogP contribution in [0.15, 0.2) is 24.3 Å². The minimum Gasteiger partial charge on any atom is -0.380 e. The quantitative estimate of drug-likeness (QED) is 0.674. The van der Waals surface area contributed by atoms with E-state index in [1.807, 2.05) is 20.8 Å². The summed E-state index contributed by atoms with van der Waals surface area (Å²) in [7, 11) is 0. The number of benzene rings is 1. The Morgan fingerprint density at radius 2 is 1.83 bits per heavy atom. The molecule has 1 rings (SSSR count). The highest BCUT2D eigenvalue weighted by Gasteiger charge is 2.24. The molecular weight excluding hydrogens is 254 g/mol. The van der Waals surface area contributed by atoms with E-state index in [4.69, 9.17) is 0 Å². The third-order valence-electron chi connectivity index (χ3n) is 2.05. The van der Waals surface area contributed by atoms with Crippen molar-refractivity contribution in [3.63, 3.8) is 0 Å². The number of nitrogens with zero attached hydrogens (tertiary/aromatic N) is 1. The van der Waals surface area contributed by atoms with Gasteiger partial charge in [0.05, 0.1) is 4.92 Å². The molecule has 0 saturated carbocycles. The third-order valence-corrected chi connectivity index (χ3v) is 3.09. The lowest BCUT2D eigenvalue weighted by Crippen LogP contribution is -2.17. The van der Waals surface area contributed by atoms with Crippen LogP contribution in [0.5, 0.6) is 0 Å². The number of aliphatic hydroxyl groups excluding tert-OH is 1. The Bertz CT molecular complexity index is 450. The predicted octanol–water partition coefficient (Wildman–Crippen LogP) is 2.69. The highest BCUT2D eigenvalue weighted by molar-refractivity contribution is 8.14. The summed E-state index contributed by atoms with van der Waals surface area (Å²) in [6.07, 6.45) is -1.25. The Morgan fingerprint density at radius 1 is 1.33 bits per heavy atom. The molecule has 0 aliphatic rings. The van der Waals surface area contributed by atoms with Gasteiger partial charge in [0.25, 0.3) is 5.69 Å². The molecule has 98 valence electrons. The van der Waals surface area contributed by atoms with E-state index in [1.165, 1.54) is 24.3 Å². The molecule has 1 aromatic rings. The van der Waals surface area contributed by atoms with Gasteiger partial charge in [0, 0.05) is 16.9 Å². The molecular formula is C12H15NO4S. The van der Waals surface area contributed by atoms with Crippen molar-refractivity contribution in [2.45, 2.75) is 31.6 Å². The zero-order valence-electron chi connectivity index (χ0n) is 10.4. The Labute approximate surface area is 109 Å². The van der Waals surface area contributed by atoms with E-state index in [1.54, 1.807) is 0 Å². The Morgan fingerprint density at radius 3 is 2.22 bits per heavy atom. The number of nitro benzene ring substituents is 1. The second kappa shape index (κ2) is 5.49. The molecule has 18 heavy (non-hydrogen) atoms. The molecule has 5 nitrogen and oxygen atoms in total. The van der Waals surface area contributed by atoms with E-state index in [-0.39, 0.29) is 15.5 Å². The molecule has 0 bridgehead atoms. The molecule has 6 heteroatoms. The van der Waals surface area contributed by atoms with Gasteiger partial charge in [-0.2, -0.15) is 0 Å². The molecule has 0 heterocycles. The summed E-state index contributed by atoms with van der Waals surface area (Å²) in [6.45, 7) is 5.62. The lowest BCUT2D eigenvalue weighted by molar-refractivity contribution is -0.384. The number of hydrogen-bond donors (Lipinski definition) is 1. The first kappa shape index (κ1) is 14.7. The highest BCUT2D eigenvalue weighted by atomic mass is 32.2. The first-order chi connectivity index (χ1) is 8.20. The number of non-ortho nitro benzene ring substituents is 1. The number of rotatable bonds is 3. The van der Waals surface area contributed by atoms with Crippen molar-refractivity contribution in [1.82, 2.24) is 0 Å². The van der Waals surface area contributed by atoms with E-state index in [9.17, 15) is 20.0 Å². The van der Waals surface area contributed by atoms with Crippen LogP contribution in [0.3, 0.4) is 0 Å². The van der Waals surface area contributed by atoms with Gasteiger partial charge >= 0.3 is 0 Å². The first-order valence-corrected chi connectivity index (χ1v) is 6.17. The molecule has 1 atom stereocenters. The Kier molecular flexibility index (Phi) is 4.48. The molecule has 0 amide bonds. The number of thioether (sulfide) groups is 1. The van der Waals surface area contributed by atoms with Crippen LogP contribution >= 0.6 is 11.8 Å². The summed E-state index contributed by atoms with van der Waals surface area (Å²) in [5.74, 6) is 0. The SMILES string of the molecule is CC(C)(C)SC(=O)C(O)c1ccc([N+](=O)[O-])cc1. The summed E-state index contributed by atoms with van der Waals surface area (Å²) in [5.41, 5.74) is 0.296.